The lowest BCUT2D eigenvalue weighted by Crippen LogP contribution is -2.37. The van der Waals surface area contributed by atoms with Gasteiger partial charge in [-0.05, 0) is 36.7 Å². The van der Waals surface area contributed by atoms with Crippen LogP contribution in [0.3, 0.4) is 0 Å². The van der Waals surface area contributed by atoms with Crippen LogP contribution in [-0.2, 0) is 6.54 Å². The summed E-state index contributed by atoms with van der Waals surface area (Å²) in [5.41, 5.74) is 1.39. The summed E-state index contributed by atoms with van der Waals surface area (Å²) >= 11 is 0. The molecule has 2 aromatic rings. The van der Waals surface area contributed by atoms with Gasteiger partial charge in [0.2, 0.25) is 0 Å². The molecule has 0 saturated heterocycles. The maximum absolute atomic E-state index is 11.8. The van der Waals surface area contributed by atoms with E-state index in [0.717, 1.165) is 25.9 Å². The second kappa shape index (κ2) is 7.81. The lowest BCUT2D eigenvalue weighted by molar-refractivity contribution is 0.240. The van der Waals surface area contributed by atoms with Crippen molar-refractivity contribution in [1.29, 1.82) is 0 Å². The van der Waals surface area contributed by atoms with Crippen molar-refractivity contribution in [1.82, 2.24) is 20.2 Å². The van der Waals surface area contributed by atoms with Crippen LogP contribution in [0.15, 0.2) is 49.1 Å². The van der Waals surface area contributed by atoms with E-state index in [1.165, 1.54) is 12.0 Å². The molecule has 0 spiro atoms. The fourth-order valence-corrected chi connectivity index (χ4v) is 2.91. The van der Waals surface area contributed by atoms with Crippen molar-refractivity contribution in [3.05, 3.63) is 54.6 Å². The van der Waals surface area contributed by atoms with Crippen molar-refractivity contribution in [3.8, 4) is 0 Å². The molecule has 1 heterocycles. The van der Waals surface area contributed by atoms with Crippen LogP contribution >= 0.6 is 0 Å². The molecule has 0 unspecified atom stereocenters. The third-order valence-corrected chi connectivity index (χ3v) is 4.36. The lowest BCUT2D eigenvalue weighted by Gasteiger charge is -2.08. The lowest BCUT2D eigenvalue weighted by atomic mass is 10.1. The number of carbonyl (C=O) groups is 1. The van der Waals surface area contributed by atoms with Gasteiger partial charge >= 0.3 is 6.03 Å². The van der Waals surface area contributed by atoms with Crippen molar-refractivity contribution < 1.29 is 4.79 Å². The average Bonchev–Trinajstić information content (AvgIpc) is 3.18. The van der Waals surface area contributed by atoms with Crippen molar-refractivity contribution in [3.63, 3.8) is 0 Å². The SMILES string of the molecule is O=C(NCCCCn1ccnc1)NC[C@H]1C[C@H]1c1ccccc1. The first-order chi connectivity index (χ1) is 11.3. The van der Waals surface area contributed by atoms with Crippen molar-refractivity contribution in [2.45, 2.75) is 31.7 Å². The van der Waals surface area contributed by atoms with Gasteiger partial charge in [-0.15, -0.1) is 0 Å². The Labute approximate surface area is 137 Å². The van der Waals surface area contributed by atoms with Crippen LogP contribution < -0.4 is 10.6 Å². The Hall–Kier alpha value is -2.30. The fraction of sp³-hybridized carbons (Fsp3) is 0.444. The fourth-order valence-electron chi connectivity index (χ4n) is 2.91. The van der Waals surface area contributed by atoms with Crippen LogP contribution in [0.4, 0.5) is 4.79 Å². The highest BCUT2D eigenvalue weighted by Crippen LogP contribution is 2.46. The van der Waals surface area contributed by atoms with Gasteiger partial charge in [-0.25, -0.2) is 9.78 Å². The first-order valence-electron chi connectivity index (χ1n) is 8.35. The van der Waals surface area contributed by atoms with E-state index in [4.69, 9.17) is 0 Å². The molecule has 1 aliphatic rings. The highest BCUT2D eigenvalue weighted by atomic mass is 16.2. The molecule has 2 N–H and O–H groups in total. The highest BCUT2D eigenvalue weighted by molar-refractivity contribution is 5.73. The van der Waals surface area contributed by atoms with Crippen LogP contribution in [0.25, 0.3) is 0 Å². The molecular weight excluding hydrogens is 288 g/mol. The Bertz CT molecular complexity index is 597. The molecule has 5 nitrogen and oxygen atoms in total. The van der Waals surface area contributed by atoms with Crippen LogP contribution in [0.5, 0.6) is 0 Å². The van der Waals surface area contributed by atoms with E-state index in [1.807, 2.05) is 18.6 Å². The topological polar surface area (TPSA) is 59.0 Å². The molecule has 0 aliphatic heterocycles. The van der Waals surface area contributed by atoms with Gasteiger partial charge in [0.1, 0.15) is 0 Å². The van der Waals surface area contributed by atoms with Crippen molar-refractivity contribution in [2.24, 2.45) is 5.92 Å². The molecule has 0 radical (unpaired) electrons. The van der Waals surface area contributed by atoms with Gasteiger partial charge in [0.05, 0.1) is 6.33 Å². The van der Waals surface area contributed by atoms with Gasteiger partial charge in [-0.2, -0.15) is 0 Å². The van der Waals surface area contributed by atoms with Crippen LogP contribution in [-0.4, -0.2) is 28.7 Å². The van der Waals surface area contributed by atoms with E-state index < -0.39 is 0 Å². The Morgan fingerprint density at radius 2 is 2.09 bits per heavy atom. The Morgan fingerprint density at radius 1 is 1.22 bits per heavy atom. The second-order valence-electron chi connectivity index (χ2n) is 6.16. The maximum Gasteiger partial charge on any atom is 0.314 e. The molecule has 1 fully saturated rings. The molecule has 1 saturated carbocycles. The summed E-state index contributed by atoms with van der Waals surface area (Å²) in [4.78, 5) is 15.8. The molecule has 0 bridgehead atoms. The number of nitrogens with zero attached hydrogens (tertiary/aromatic N) is 2. The highest BCUT2D eigenvalue weighted by Gasteiger charge is 2.37. The molecule has 23 heavy (non-hydrogen) atoms. The van der Waals surface area contributed by atoms with Gasteiger partial charge in [-0.1, -0.05) is 30.3 Å². The zero-order chi connectivity index (χ0) is 15.9. The number of urea groups is 1. The molecule has 1 aliphatic carbocycles. The van der Waals surface area contributed by atoms with Gasteiger partial charge in [0.25, 0.3) is 0 Å². The summed E-state index contributed by atoms with van der Waals surface area (Å²) in [7, 11) is 0. The summed E-state index contributed by atoms with van der Waals surface area (Å²) in [6, 6.07) is 10.5. The summed E-state index contributed by atoms with van der Waals surface area (Å²) in [6.07, 6.45) is 8.75. The van der Waals surface area contributed by atoms with Gasteiger partial charge in [0.15, 0.2) is 0 Å². The molecule has 1 aromatic carbocycles. The largest absolute Gasteiger partial charge is 0.338 e. The summed E-state index contributed by atoms with van der Waals surface area (Å²) in [6.45, 7) is 2.43. The quantitative estimate of drug-likeness (QED) is 0.736. The van der Waals surface area contributed by atoms with Crippen LogP contribution in [0, 0.1) is 5.92 Å². The van der Waals surface area contributed by atoms with E-state index >= 15 is 0 Å². The van der Waals surface area contributed by atoms with Gasteiger partial charge in [-0.3, -0.25) is 0 Å². The zero-order valence-corrected chi connectivity index (χ0v) is 13.3. The molecule has 5 heteroatoms. The van der Waals surface area contributed by atoms with E-state index in [-0.39, 0.29) is 6.03 Å². The number of imidazole rings is 1. The van der Waals surface area contributed by atoms with E-state index in [0.29, 0.717) is 18.4 Å². The number of nitrogens with one attached hydrogen (secondary N) is 2. The van der Waals surface area contributed by atoms with Crippen LogP contribution in [0.2, 0.25) is 0 Å². The van der Waals surface area contributed by atoms with Crippen LogP contribution in [0.1, 0.15) is 30.7 Å². The first-order valence-corrected chi connectivity index (χ1v) is 8.35. The molecular formula is C18H24N4O. The molecule has 3 rings (SSSR count). The molecule has 2 atom stereocenters. The van der Waals surface area contributed by atoms with Crippen molar-refractivity contribution >= 4 is 6.03 Å². The minimum absolute atomic E-state index is 0.0497. The summed E-state index contributed by atoms with van der Waals surface area (Å²) < 4.78 is 2.05. The number of hydrogen-bond donors (Lipinski definition) is 2. The van der Waals surface area contributed by atoms with Gasteiger partial charge < -0.3 is 15.2 Å². The minimum atomic E-state index is -0.0497. The monoisotopic (exact) mass is 312 g/mol. The molecule has 122 valence electrons. The third-order valence-electron chi connectivity index (χ3n) is 4.36. The number of aryl methyl sites for hydroxylation is 1. The normalized spacial score (nSPS) is 19.3. The number of benzene rings is 1. The molecule has 1 aromatic heterocycles. The van der Waals surface area contributed by atoms with E-state index in [2.05, 4.69) is 44.5 Å². The zero-order valence-electron chi connectivity index (χ0n) is 13.3. The van der Waals surface area contributed by atoms with E-state index in [9.17, 15) is 4.79 Å². The number of hydrogen-bond acceptors (Lipinski definition) is 2. The maximum atomic E-state index is 11.8. The number of amides is 2. The van der Waals surface area contributed by atoms with Crippen molar-refractivity contribution in [2.75, 3.05) is 13.1 Å². The number of carbonyl (C=O) groups excluding carboxylic acids is 1. The summed E-state index contributed by atoms with van der Waals surface area (Å²) in [5, 5.41) is 5.91. The minimum Gasteiger partial charge on any atom is -0.338 e. The smallest absolute Gasteiger partial charge is 0.314 e. The first kappa shape index (κ1) is 15.6. The number of aromatic nitrogens is 2. The van der Waals surface area contributed by atoms with E-state index in [1.54, 1.807) is 6.20 Å². The number of unbranched alkanes of at least 4 members (excludes halogenated alkanes) is 1. The second-order valence-corrected chi connectivity index (χ2v) is 6.16. The standard InChI is InChI=1S/C18H24N4O/c23-18(20-8-4-5-10-22-11-9-19-14-22)21-13-16-12-17(16)15-6-2-1-3-7-15/h1-3,6-7,9,11,14,16-17H,4-5,8,10,12-13H2,(H2,20,21,23)/t16-,17+/m1/s1. The molecule has 2 amide bonds. The third kappa shape index (κ3) is 4.84. The Morgan fingerprint density at radius 3 is 2.87 bits per heavy atom. The predicted octanol–water partition coefficient (Wildman–Crippen LogP) is 2.77. The van der Waals surface area contributed by atoms with Gasteiger partial charge in [0, 0.05) is 32.0 Å². The average molecular weight is 312 g/mol. The predicted molar refractivity (Wildman–Crippen MR) is 90.2 cm³/mol. The summed E-state index contributed by atoms with van der Waals surface area (Å²) in [5.74, 6) is 1.20. The Kier molecular flexibility index (Phi) is 5.29. The number of rotatable bonds is 8. The Balaban J connectivity index is 1.23.